The largest absolute Gasteiger partial charge is 0.462 e. The van der Waals surface area contributed by atoms with Gasteiger partial charge in [-0.25, -0.2) is 0 Å². The SMILES string of the molecule is O=C(OC1CCCCC1)C1CCCN(C(=O)C2CC2)C1. The van der Waals surface area contributed by atoms with Crippen LogP contribution in [-0.4, -0.2) is 36.0 Å². The van der Waals surface area contributed by atoms with Crippen molar-refractivity contribution in [3.05, 3.63) is 0 Å². The van der Waals surface area contributed by atoms with Gasteiger partial charge < -0.3 is 9.64 Å². The summed E-state index contributed by atoms with van der Waals surface area (Å²) in [5, 5.41) is 0. The van der Waals surface area contributed by atoms with E-state index in [9.17, 15) is 9.59 Å². The van der Waals surface area contributed by atoms with E-state index in [1.54, 1.807) is 0 Å². The van der Waals surface area contributed by atoms with E-state index >= 15 is 0 Å². The predicted molar refractivity (Wildman–Crippen MR) is 75.0 cm³/mol. The van der Waals surface area contributed by atoms with Gasteiger partial charge in [-0.05, 0) is 51.4 Å². The Morgan fingerprint density at radius 3 is 2.30 bits per heavy atom. The molecule has 0 bridgehead atoms. The Hall–Kier alpha value is -1.06. The van der Waals surface area contributed by atoms with Gasteiger partial charge in [0.05, 0.1) is 5.92 Å². The lowest BCUT2D eigenvalue weighted by Gasteiger charge is -2.33. The van der Waals surface area contributed by atoms with Crippen LogP contribution in [0.15, 0.2) is 0 Å². The molecule has 0 aromatic heterocycles. The number of carbonyl (C=O) groups excluding carboxylic acids is 2. The molecule has 20 heavy (non-hydrogen) atoms. The maximum Gasteiger partial charge on any atom is 0.311 e. The second kappa shape index (κ2) is 6.15. The number of rotatable bonds is 3. The molecule has 2 aliphatic carbocycles. The van der Waals surface area contributed by atoms with Crippen LogP contribution in [0.3, 0.4) is 0 Å². The average molecular weight is 279 g/mol. The summed E-state index contributed by atoms with van der Waals surface area (Å²) in [4.78, 5) is 26.2. The molecule has 1 amide bonds. The zero-order valence-electron chi connectivity index (χ0n) is 12.2. The van der Waals surface area contributed by atoms with Gasteiger partial charge in [0.25, 0.3) is 0 Å². The number of likely N-dealkylation sites (tertiary alicyclic amines) is 1. The third kappa shape index (κ3) is 3.33. The van der Waals surface area contributed by atoms with Gasteiger partial charge in [-0.3, -0.25) is 9.59 Å². The van der Waals surface area contributed by atoms with E-state index in [0.29, 0.717) is 6.54 Å². The Morgan fingerprint density at radius 1 is 0.850 bits per heavy atom. The first-order chi connectivity index (χ1) is 9.74. The molecule has 1 atom stereocenters. The van der Waals surface area contributed by atoms with Crippen molar-refractivity contribution >= 4 is 11.9 Å². The van der Waals surface area contributed by atoms with Crippen LogP contribution >= 0.6 is 0 Å². The molecule has 4 nitrogen and oxygen atoms in total. The maximum atomic E-state index is 12.3. The zero-order chi connectivity index (χ0) is 13.9. The van der Waals surface area contributed by atoms with Crippen molar-refractivity contribution in [2.45, 2.75) is 63.9 Å². The first-order valence-electron chi connectivity index (χ1n) is 8.23. The first-order valence-corrected chi connectivity index (χ1v) is 8.23. The van der Waals surface area contributed by atoms with E-state index in [2.05, 4.69) is 0 Å². The molecule has 1 aliphatic heterocycles. The number of ether oxygens (including phenoxy) is 1. The number of piperidine rings is 1. The van der Waals surface area contributed by atoms with Crippen molar-refractivity contribution in [2.75, 3.05) is 13.1 Å². The van der Waals surface area contributed by atoms with Gasteiger partial charge in [-0.2, -0.15) is 0 Å². The van der Waals surface area contributed by atoms with Gasteiger partial charge in [0.2, 0.25) is 5.91 Å². The van der Waals surface area contributed by atoms with Gasteiger partial charge in [0.15, 0.2) is 0 Å². The number of amides is 1. The summed E-state index contributed by atoms with van der Waals surface area (Å²) in [5.74, 6) is 0.363. The summed E-state index contributed by atoms with van der Waals surface area (Å²) in [7, 11) is 0. The molecule has 1 heterocycles. The van der Waals surface area contributed by atoms with Crippen molar-refractivity contribution in [3.63, 3.8) is 0 Å². The van der Waals surface area contributed by atoms with Gasteiger partial charge >= 0.3 is 5.97 Å². The smallest absolute Gasteiger partial charge is 0.311 e. The molecule has 0 N–H and O–H groups in total. The second-order valence-corrected chi connectivity index (χ2v) is 6.59. The van der Waals surface area contributed by atoms with Crippen molar-refractivity contribution in [3.8, 4) is 0 Å². The highest BCUT2D eigenvalue weighted by Crippen LogP contribution is 2.33. The standard InChI is InChI=1S/C16H25NO3/c18-15(12-8-9-12)17-10-4-5-13(11-17)16(19)20-14-6-2-1-3-7-14/h12-14H,1-11H2. The Kier molecular flexibility index (Phi) is 4.27. The Balaban J connectivity index is 1.50. The number of hydrogen-bond donors (Lipinski definition) is 0. The number of esters is 1. The van der Waals surface area contributed by atoms with Crippen molar-refractivity contribution < 1.29 is 14.3 Å². The third-order valence-electron chi connectivity index (χ3n) is 4.83. The van der Waals surface area contributed by atoms with Crippen molar-refractivity contribution in [1.82, 2.24) is 4.90 Å². The number of nitrogens with zero attached hydrogens (tertiary/aromatic N) is 1. The highest BCUT2D eigenvalue weighted by atomic mass is 16.5. The minimum absolute atomic E-state index is 0.0646. The van der Waals surface area contributed by atoms with Gasteiger partial charge in [0.1, 0.15) is 6.10 Å². The number of hydrogen-bond acceptors (Lipinski definition) is 3. The zero-order valence-corrected chi connectivity index (χ0v) is 12.2. The van der Waals surface area contributed by atoms with E-state index in [-0.39, 0.29) is 29.8 Å². The van der Waals surface area contributed by atoms with Crippen molar-refractivity contribution in [1.29, 1.82) is 0 Å². The molecule has 1 unspecified atom stereocenters. The lowest BCUT2D eigenvalue weighted by molar-refractivity contribution is -0.158. The molecule has 112 valence electrons. The van der Waals surface area contributed by atoms with E-state index in [1.807, 2.05) is 4.90 Å². The van der Waals surface area contributed by atoms with Gasteiger partial charge in [0, 0.05) is 19.0 Å². The van der Waals surface area contributed by atoms with Gasteiger partial charge in [-0.15, -0.1) is 0 Å². The van der Waals surface area contributed by atoms with Crippen LogP contribution in [0.5, 0.6) is 0 Å². The quantitative estimate of drug-likeness (QED) is 0.746. The first kappa shape index (κ1) is 13.9. The second-order valence-electron chi connectivity index (χ2n) is 6.59. The molecule has 3 fully saturated rings. The van der Waals surface area contributed by atoms with Crippen LogP contribution in [0.2, 0.25) is 0 Å². The van der Waals surface area contributed by atoms with Crippen LogP contribution in [0.4, 0.5) is 0 Å². The monoisotopic (exact) mass is 279 g/mol. The predicted octanol–water partition coefficient (Wildman–Crippen LogP) is 2.51. The minimum Gasteiger partial charge on any atom is -0.462 e. The van der Waals surface area contributed by atoms with Crippen molar-refractivity contribution in [2.24, 2.45) is 11.8 Å². The highest BCUT2D eigenvalue weighted by molar-refractivity contribution is 5.82. The molecule has 0 aromatic carbocycles. The van der Waals surface area contributed by atoms with Crippen LogP contribution in [0.25, 0.3) is 0 Å². The Bertz CT molecular complexity index is 372. The summed E-state index contributed by atoms with van der Waals surface area (Å²) in [6.45, 7) is 1.41. The average Bonchev–Trinajstić information content (AvgIpc) is 3.32. The molecule has 4 heteroatoms. The summed E-state index contributed by atoms with van der Waals surface area (Å²) < 4.78 is 5.66. The number of carbonyl (C=O) groups is 2. The lowest BCUT2D eigenvalue weighted by Crippen LogP contribution is -2.44. The fourth-order valence-corrected chi connectivity index (χ4v) is 3.40. The molecule has 3 aliphatic rings. The van der Waals surface area contributed by atoms with Crippen LogP contribution in [0, 0.1) is 11.8 Å². The molecule has 0 radical (unpaired) electrons. The molecular formula is C16H25NO3. The van der Waals surface area contributed by atoms with E-state index < -0.39 is 0 Å². The van der Waals surface area contributed by atoms with Crippen LogP contribution < -0.4 is 0 Å². The van der Waals surface area contributed by atoms with Gasteiger partial charge in [-0.1, -0.05) is 6.42 Å². The minimum atomic E-state index is -0.0895. The molecule has 2 saturated carbocycles. The summed E-state index contributed by atoms with van der Waals surface area (Å²) >= 11 is 0. The molecule has 3 rings (SSSR count). The molecule has 1 saturated heterocycles. The van der Waals surface area contributed by atoms with Crippen LogP contribution in [-0.2, 0) is 14.3 Å². The fraction of sp³-hybridized carbons (Fsp3) is 0.875. The summed E-state index contributed by atoms with van der Waals surface area (Å²) in [6.07, 6.45) is 9.66. The topological polar surface area (TPSA) is 46.6 Å². The van der Waals surface area contributed by atoms with E-state index in [4.69, 9.17) is 4.74 Å². The Labute approximate surface area is 120 Å². The normalized spacial score (nSPS) is 28.2. The molecule has 0 aromatic rings. The summed E-state index contributed by atoms with van der Waals surface area (Å²) in [5.41, 5.74) is 0. The lowest BCUT2D eigenvalue weighted by atomic mass is 9.96. The highest BCUT2D eigenvalue weighted by Gasteiger charge is 2.37. The third-order valence-corrected chi connectivity index (χ3v) is 4.83. The van der Waals surface area contributed by atoms with E-state index in [0.717, 1.165) is 45.1 Å². The van der Waals surface area contributed by atoms with Crippen LogP contribution in [0.1, 0.15) is 57.8 Å². The van der Waals surface area contributed by atoms with E-state index in [1.165, 1.54) is 19.3 Å². The molecule has 0 spiro atoms. The molecular weight excluding hydrogens is 254 g/mol. The maximum absolute atomic E-state index is 12.3. The Morgan fingerprint density at radius 2 is 1.60 bits per heavy atom. The summed E-state index contributed by atoms with van der Waals surface area (Å²) in [6, 6.07) is 0. The fourth-order valence-electron chi connectivity index (χ4n) is 3.40.